The van der Waals surface area contributed by atoms with E-state index < -0.39 is 6.10 Å². The van der Waals surface area contributed by atoms with Crippen molar-refractivity contribution in [2.75, 3.05) is 13.7 Å². The first kappa shape index (κ1) is 16.9. The molecule has 0 saturated heterocycles. The highest BCUT2D eigenvalue weighted by atomic mass is 16.5. The van der Waals surface area contributed by atoms with Crippen LogP contribution in [0.3, 0.4) is 0 Å². The molecule has 25 heavy (non-hydrogen) atoms. The number of aliphatic hydroxyl groups excluding tert-OH is 1. The number of rotatable bonds is 6. The zero-order valence-corrected chi connectivity index (χ0v) is 14.2. The van der Waals surface area contributed by atoms with Crippen molar-refractivity contribution in [3.05, 3.63) is 72.2 Å². The van der Waals surface area contributed by atoms with Gasteiger partial charge >= 0.3 is 0 Å². The van der Waals surface area contributed by atoms with Crippen LogP contribution in [0.1, 0.15) is 24.3 Å². The molecule has 1 N–H and O–H groups in total. The van der Waals surface area contributed by atoms with Crippen molar-refractivity contribution in [2.24, 2.45) is 0 Å². The lowest BCUT2D eigenvalue weighted by Crippen LogP contribution is -2.09. The molecule has 5 nitrogen and oxygen atoms in total. The summed E-state index contributed by atoms with van der Waals surface area (Å²) in [5.41, 5.74) is 2.94. The lowest BCUT2D eigenvalue weighted by atomic mass is 9.96. The topological polar surface area (TPSA) is 64.5 Å². The summed E-state index contributed by atoms with van der Waals surface area (Å²) in [5, 5.41) is 10.9. The normalized spacial score (nSPS) is 11.8. The van der Waals surface area contributed by atoms with Crippen LogP contribution >= 0.6 is 0 Å². The van der Waals surface area contributed by atoms with Crippen molar-refractivity contribution in [2.45, 2.75) is 13.0 Å². The summed E-state index contributed by atoms with van der Waals surface area (Å²) in [6, 6.07) is 15.0. The number of hydrogen-bond acceptors (Lipinski definition) is 5. The number of pyridine rings is 2. The summed E-state index contributed by atoms with van der Waals surface area (Å²) in [6.45, 7) is 2.35. The highest BCUT2D eigenvalue weighted by molar-refractivity contribution is 5.70. The number of hydrogen-bond donors (Lipinski definition) is 1. The van der Waals surface area contributed by atoms with E-state index in [1.807, 2.05) is 49.4 Å². The van der Waals surface area contributed by atoms with Crippen LogP contribution in [0, 0.1) is 0 Å². The summed E-state index contributed by atoms with van der Waals surface area (Å²) in [6.07, 6.45) is 2.40. The molecule has 0 bridgehead atoms. The number of methoxy groups -OCH3 is 1. The van der Waals surface area contributed by atoms with Gasteiger partial charge in [-0.25, -0.2) is 4.98 Å². The van der Waals surface area contributed by atoms with Gasteiger partial charge in [-0.2, -0.15) is 0 Å². The third-order valence-corrected chi connectivity index (χ3v) is 3.88. The summed E-state index contributed by atoms with van der Waals surface area (Å²) < 4.78 is 10.9. The fraction of sp³-hybridized carbons (Fsp3) is 0.200. The Morgan fingerprint density at radius 1 is 1.00 bits per heavy atom. The summed E-state index contributed by atoms with van der Waals surface area (Å²) in [5.74, 6) is 1.18. The predicted octanol–water partition coefficient (Wildman–Crippen LogP) is 3.63. The van der Waals surface area contributed by atoms with Crippen LogP contribution in [0.4, 0.5) is 0 Å². The van der Waals surface area contributed by atoms with Gasteiger partial charge in [0.2, 0.25) is 5.88 Å². The van der Waals surface area contributed by atoms with Crippen LogP contribution in [0.25, 0.3) is 11.1 Å². The lowest BCUT2D eigenvalue weighted by molar-refractivity contribution is 0.206. The van der Waals surface area contributed by atoms with E-state index in [1.54, 1.807) is 25.6 Å². The van der Waals surface area contributed by atoms with Gasteiger partial charge in [-0.3, -0.25) is 4.98 Å². The quantitative estimate of drug-likeness (QED) is 0.744. The third kappa shape index (κ3) is 3.61. The van der Waals surface area contributed by atoms with Crippen LogP contribution < -0.4 is 9.47 Å². The Balaban J connectivity index is 2.13. The maximum Gasteiger partial charge on any atom is 0.220 e. The molecule has 0 amide bonds. The van der Waals surface area contributed by atoms with Gasteiger partial charge in [0.05, 0.1) is 25.0 Å². The number of aliphatic hydroxyl groups is 1. The van der Waals surface area contributed by atoms with Gasteiger partial charge in [0, 0.05) is 12.4 Å². The molecule has 128 valence electrons. The standard InChI is InChI=1S/C20H20N2O3/c1-3-25-20-18(19(23)17-6-4-5-12-21-17)16(11-13-22-20)14-7-9-15(24-2)10-8-14/h4-13,19,23H,3H2,1-2H3. The molecular weight excluding hydrogens is 316 g/mol. The van der Waals surface area contributed by atoms with Crippen molar-refractivity contribution in [1.82, 2.24) is 9.97 Å². The Morgan fingerprint density at radius 2 is 1.80 bits per heavy atom. The van der Waals surface area contributed by atoms with Gasteiger partial charge in [-0.15, -0.1) is 0 Å². The van der Waals surface area contributed by atoms with Crippen LogP contribution in [-0.4, -0.2) is 28.8 Å². The molecule has 0 saturated carbocycles. The molecule has 5 heteroatoms. The molecule has 3 rings (SSSR count). The van der Waals surface area contributed by atoms with Gasteiger partial charge in [0.15, 0.2) is 0 Å². The van der Waals surface area contributed by atoms with Crippen LogP contribution in [0.15, 0.2) is 60.9 Å². The maximum absolute atomic E-state index is 10.9. The second kappa shape index (κ2) is 7.77. The average molecular weight is 336 g/mol. The molecule has 0 fully saturated rings. The smallest absolute Gasteiger partial charge is 0.220 e. The molecule has 0 aliphatic carbocycles. The highest BCUT2D eigenvalue weighted by Gasteiger charge is 2.22. The first-order valence-corrected chi connectivity index (χ1v) is 8.09. The lowest BCUT2D eigenvalue weighted by Gasteiger charge is -2.18. The van der Waals surface area contributed by atoms with Gasteiger partial charge in [0.25, 0.3) is 0 Å². The second-order valence-electron chi connectivity index (χ2n) is 5.40. The summed E-state index contributed by atoms with van der Waals surface area (Å²) >= 11 is 0. The fourth-order valence-corrected chi connectivity index (χ4v) is 2.68. The van der Waals surface area contributed by atoms with Gasteiger partial charge in [-0.1, -0.05) is 18.2 Å². The fourth-order valence-electron chi connectivity index (χ4n) is 2.68. The van der Waals surface area contributed by atoms with Crippen molar-refractivity contribution in [3.63, 3.8) is 0 Å². The number of benzene rings is 1. The van der Waals surface area contributed by atoms with E-state index in [0.29, 0.717) is 23.7 Å². The van der Waals surface area contributed by atoms with Gasteiger partial charge < -0.3 is 14.6 Å². The molecule has 0 radical (unpaired) electrons. The van der Waals surface area contributed by atoms with Gasteiger partial charge in [0.1, 0.15) is 11.9 Å². The van der Waals surface area contributed by atoms with Gasteiger partial charge in [-0.05, 0) is 48.4 Å². The molecule has 0 aliphatic heterocycles. The first-order valence-electron chi connectivity index (χ1n) is 8.09. The van der Waals surface area contributed by atoms with E-state index in [9.17, 15) is 5.11 Å². The van der Waals surface area contributed by atoms with E-state index in [0.717, 1.165) is 16.9 Å². The average Bonchev–Trinajstić information content (AvgIpc) is 2.68. The van der Waals surface area contributed by atoms with Crippen LogP contribution in [-0.2, 0) is 0 Å². The minimum atomic E-state index is -0.937. The second-order valence-corrected chi connectivity index (χ2v) is 5.40. The molecule has 1 aromatic carbocycles. The van der Waals surface area contributed by atoms with Crippen molar-refractivity contribution < 1.29 is 14.6 Å². The SMILES string of the molecule is CCOc1nccc(-c2ccc(OC)cc2)c1C(O)c1ccccn1. The number of nitrogens with zero attached hydrogens (tertiary/aromatic N) is 2. The molecule has 1 unspecified atom stereocenters. The molecule has 2 heterocycles. The first-order chi connectivity index (χ1) is 12.2. The Bertz CT molecular complexity index is 820. The monoisotopic (exact) mass is 336 g/mol. The van der Waals surface area contributed by atoms with E-state index >= 15 is 0 Å². The zero-order chi connectivity index (χ0) is 17.6. The van der Waals surface area contributed by atoms with Crippen molar-refractivity contribution >= 4 is 0 Å². The van der Waals surface area contributed by atoms with Crippen molar-refractivity contribution in [3.8, 4) is 22.8 Å². The van der Waals surface area contributed by atoms with Crippen molar-refractivity contribution in [1.29, 1.82) is 0 Å². The Hall–Kier alpha value is -2.92. The minimum absolute atomic E-state index is 0.411. The molecule has 0 aliphatic rings. The molecule has 2 aromatic heterocycles. The van der Waals surface area contributed by atoms with Crippen LogP contribution in [0.5, 0.6) is 11.6 Å². The van der Waals surface area contributed by atoms with E-state index in [2.05, 4.69) is 9.97 Å². The van der Waals surface area contributed by atoms with E-state index in [-0.39, 0.29) is 0 Å². The number of aromatic nitrogens is 2. The molecule has 1 atom stereocenters. The van der Waals surface area contributed by atoms with Crippen LogP contribution in [0.2, 0.25) is 0 Å². The summed E-state index contributed by atoms with van der Waals surface area (Å²) in [7, 11) is 1.63. The zero-order valence-electron chi connectivity index (χ0n) is 14.2. The largest absolute Gasteiger partial charge is 0.497 e. The maximum atomic E-state index is 10.9. The Labute approximate surface area is 146 Å². The minimum Gasteiger partial charge on any atom is -0.497 e. The predicted molar refractivity (Wildman–Crippen MR) is 95.7 cm³/mol. The third-order valence-electron chi connectivity index (χ3n) is 3.88. The molecule has 3 aromatic rings. The Morgan fingerprint density at radius 3 is 2.44 bits per heavy atom. The number of ether oxygens (including phenoxy) is 2. The summed E-state index contributed by atoms with van der Waals surface area (Å²) in [4.78, 5) is 8.57. The highest BCUT2D eigenvalue weighted by Crippen LogP contribution is 2.37. The molecule has 0 spiro atoms. The van der Waals surface area contributed by atoms with E-state index in [4.69, 9.17) is 9.47 Å². The molecular formula is C20H20N2O3. The Kier molecular flexibility index (Phi) is 5.26. The van der Waals surface area contributed by atoms with E-state index in [1.165, 1.54) is 0 Å².